The van der Waals surface area contributed by atoms with E-state index in [1.807, 2.05) is 30.3 Å². The third-order valence-electron chi connectivity index (χ3n) is 5.82. The summed E-state index contributed by atoms with van der Waals surface area (Å²) in [6.45, 7) is 4.87. The maximum Gasteiger partial charge on any atom is 0.490 e. The topological polar surface area (TPSA) is 116 Å². The molecule has 0 aliphatic carbocycles. The van der Waals surface area contributed by atoms with Crippen molar-refractivity contribution >= 4 is 21.9 Å². The van der Waals surface area contributed by atoms with E-state index >= 15 is 0 Å². The van der Waals surface area contributed by atoms with E-state index in [-0.39, 0.29) is 24.1 Å². The molecule has 38 heavy (non-hydrogen) atoms. The first-order valence-corrected chi connectivity index (χ1v) is 13.4. The molecule has 2 N–H and O–H groups in total. The molecule has 2 aromatic carbocycles. The minimum atomic E-state index is -5.08. The Morgan fingerprint density at radius 1 is 1.08 bits per heavy atom. The quantitative estimate of drug-likeness (QED) is 0.486. The highest BCUT2D eigenvalue weighted by atomic mass is 32.2. The number of aliphatic carboxylic acids is 1. The fraction of sp³-hybridized carbons (Fsp3) is 0.440. The molecular formula is C25H32F3N3O6S. The zero-order valence-corrected chi connectivity index (χ0v) is 22.0. The van der Waals surface area contributed by atoms with Crippen molar-refractivity contribution < 1.29 is 41.0 Å². The lowest BCUT2D eigenvalue weighted by Crippen LogP contribution is -2.48. The number of amides is 1. The van der Waals surface area contributed by atoms with Gasteiger partial charge in [0.15, 0.2) is 0 Å². The molecule has 0 radical (unpaired) electrons. The molecular weight excluding hydrogens is 527 g/mol. The summed E-state index contributed by atoms with van der Waals surface area (Å²) in [5, 5.41) is 10.3. The van der Waals surface area contributed by atoms with Crippen molar-refractivity contribution in [2.45, 2.75) is 19.0 Å². The van der Waals surface area contributed by atoms with Gasteiger partial charge < -0.3 is 20.1 Å². The average molecular weight is 560 g/mol. The number of carboxylic acid groups (broad SMARTS) is 1. The van der Waals surface area contributed by atoms with E-state index in [1.165, 1.54) is 4.31 Å². The van der Waals surface area contributed by atoms with Crippen LogP contribution in [0, 0.1) is 0 Å². The smallest absolute Gasteiger partial charge is 0.490 e. The van der Waals surface area contributed by atoms with Crippen LogP contribution in [0.5, 0.6) is 5.75 Å². The van der Waals surface area contributed by atoms with Gasteiger partial charge in [-0.1, -0.05) is 37.3 Å². The minimum Gasteiger partial charge on any atom is -0.497 e. The summed E-state index contributed by atoms with van der Waals surface area (Å²) in [6.07, 6.45) is -5.08. The molecule has 210 valence electrons. The van der Waals surface area contributed by atoms with Gasteiger partial charge in [0.1, 0.15) is 5.75 Å². The summed E-state index contributed by atoms with van der Waals surface area (Å²) in [6, 6.07) is 16.9. The number of carboxylic acids is 1. The van der Waals surface area contributed by atoms with Gasteiger partial charge >= 0.3 is 12.1 Å². The second-order valence-electron chi connectivity index (χ2n) is 8.56. The van der Waals surface area contributed by atoms with Crippen LogP contribution in [0.4, 0.5) is 13.2 Å². The normalized spacial score (nSPS) is 15.1. The molecule has 9 nitrogen and oxygen atoms in total. The summed E-state index contributed by atoms with van der Waals surface area (Å²) < 4.78 is 64.1. The third kappa shape index (κ3) is 9.62. The summed E-state index contributed by atoms with van der Waals surface area (Å²) in [4.78, 5) is 23.8. The Labute approximate surface area is 220 Å². The molecule has 2 aromatic rings. The lowest BCUT2D eigenvalue weighted by molar-refractivity contribution is -0.192. The highest BCUT2D eigenvalue weighted by Gasteiger charge is 2.38. The number of benzene rings is 2. The van der Waals surface area contributed by atoms with Gasteiger partial charge in [0.05, 0.1) is 12.9 Å². The number of nitrogens with zero attached hydrogens (tertiary/aromatic N) is 2. The van der Waals surface area contributed by atoms with E-state index in [2.05, 4.69) is 12.2 Å². The Balaban J connectivity index is 0.000000638. The zero-order chi connectivity index (χ0) is 28.3. The highest BCUT2D eigenvalue weighted by molar-refractivity contribution is 7.89. The van der Waals surface area contributed by atoms with Crippen LogP contribution >= 0.6 is 0 Å². The van der Waals surface area contributed by atoms with Crippen LogP contribution in [0.1, 0.15) is 28.8 Å². The molecule has 1 unspecified atom stereocenters. The largest absolute Gasteiger partial charge is 0.497 e. The Kier molecular flexibility index (Phi) is 11.5. The van der Waals surface area contributed by atoms with Gasteiger partial charge in [-0.2, -0.15) is 17.5 Å². The molecule has 1 fully saturated rings. The predicted octanol–water partition coefficient (Wildman–Crippen LogP) is 2.81. The van der Waals surface area contributed by atoms with Crippen LogP contribution < -0.4 is 10.1 Å². The van der Waals surface area contributed by atoms with E-state index < -0.39 is 22.2 Å². The molecule has 0 aromatic heterocycles. The lowest BCUT2D eigenvalue weighted by Gasteiger charge is -2.30. The number of nitrogens with one attached hydrogen (secondary N) is 1. The standard InChI is InChI=1S/C23H31N3O4S.C2HF3O2/c1-19(20-6-4-3-5-7-20)18-25(23(27)21-8-10-22(30-2)11-9-21)16-17-31(28,29)26-14-12-24-13-15-26;3-2(4,5)1(6)7/h3-11,19,24H,12-18H2,1-2H3;(H,6,7). The number of carbonyl (C=O) groups excluding carboxylic acids is 1. The molecule has 1 heterocycles. The molecule has 3 rings (SSSR count). The Morgan fingerprint density at radius 2 is 1.63 bits per heavy atom. The number of piperazine rings is 1. The van der Waals surface area contributed by atoms with Gasteiger partial charge in [-0.3, -0.25) is 4.79 Å². The first-order chi connectivity index (χ1) is 17.8. The second-order valence-corrected chi connectivity index (χ2v) is 10.6. The van der Waals surface area contributed by atoms with Crippen LogP contribution in [0.3, 0.4) is 0 Å². The maximum absolute atomic E-state index is 13.3. The molecule has 1 amide bonds. The molecule has 1 saturated heterocycles. The van der Waals surface area contributed by atoms with Crippen molar-refractivity contribution in [2.75, 3.05) is 52.1 Å². The number of alkyl halides is 3. The second kappa shape index (κ2) is 14.1. The van der Waals surface area contributed by atoms with Crippen molar-refractivity contribution in [3.63, 3.8) is 0 Å². The molecule has 1 aliphatic heterocycles. The number of halogens is 3. The molecule has 0 bridgehead atoms. The first-order valence-electron chi connectivity index (χ1n) is 11.8. The average Bonchev–Trinajstić information content (AvgIpc) is 2.91. The number of ether oxygens (including phenoxy) is 1. The molecule has 13 heteroatoms. The van der Waals surface area contributed by atoms with Gasteiger partial charge in [0.25, 0.3) is 5.91 Å². The molecule has 1 atom stereocenters. The Morgan fingerprint density at radius 3 is 2.13 bits per heavy atom. The number of methoxy groups -OCH3 is 1. The summed E-state index contributed by atoms with van der Waals surface area (Å²) >= 11 is 0. The molecule has 0 saturated carbocycles. The van der Waals surface area contributed by atoms with Crippen molar-refractivity contribution in [3.8, 4) is 5.75 Å². The summed E-state index contributed by atoms with van der Waals surface area (Å²) in [5.41, 5.74) is 1.63. The van der Waals surface area contributed by atoms with E-state index in [9.17, 15) is 26.4 Å². The minimum absolute atomic E-state index is 0.0743. The van der Waals surface area contributed by atoms with E-state index in [0.717, 1.165) is 5.56 Å². The maximum atomic E-state index is 13.3. The van der Waals surface area contributed by atoms with Crippen molar-refractivity contribution in [1.82, 2.24) is 14.5 Å². The SMILES string of the molecule is COc1ccc(C(=O)N(CCS(=O)(=O)N2CCNCC2)CC(C)c2ccccc2)cc1.O=C(O)C(F)(F)F. The van der Waals surface area contributed by atoms with E-state index in [0.29, 0.717) is 44.0 Å². The van der Waals surface area contributed by atoms with Crippen LogP contribution in [-0.2, 0) is 14.8 Å². The van der Waals surface area contributed by atoms with E-state index in [4.69, 9.17) is 14.6 Å². The number of sulfonamides is 1. The lowest BCUT2D eigenvalue weighted by atomic mass is 10.0. The van der Waals surface area contributed by atoms with Crippen LogP contribution in [0.15, 0.2) is 54.6 Å². The summed E-state index contributed by atoms with van der Waals surface area (Å²) in [7, 11) is -1.85. The van der Waals surface area contributed by atoms with Gasteiger partial charge in [-0.25, -0.2) is 13.2 Å². The van der Waals surface area contributed by atoms with Crippen molar-refractivity contribution in [2.24, 2.45) is 0 Å². The van der Waals surface area contributed by atoms with Crippen molar-refractivity contribution in [3.05, 3.63) is 65.7 Å². The van der Waals surface area contributed by atoms with Crippen LogP contribution in [-0.4, -0.2) is 92.9 Å². The van der Waals surface area contributed by atoms with Crippen LogP contribution in [0.25, 0.3) is 0 Å². The zero-order valence-electron chi connectivity index (χ0n) is 21.1. The number of hydrogen-bond donors (Lipinski definition) is 2. The number of carbonyl (C=O) groups is 2. The van der Waals surface area contributed by atoms with E-state index in [1.54, 1.807) is 36.3 Å². The van der Waals surface area contributed by atoms with Crippen molar-refractivity contribution in [1.29, 1.82) is 0 Å². The molecule has 1 aliphatic rings. The Bertz CT molecular complexity index is 1140. The fourth-order valence-corrected chi connectivity index (χ4v) is 5.13. The monoisotopic (exact) mass is 559 g/mol. The Hall–Kier alpha value is -3.16. The van der Waals surface area contributed by atoms with Gasteiger partial charge in [0, 0.05) is 44.8 Å². The first kappa shape index (κ1) is 31.1. The predicted molar refractivity (Wildman–Crippen MR) is 136 cm³/mol. The summed E-state index contributed by atoms with van der Waals surface area (Å²) in [5.74, 6) is -2.28. The third-order valence-corrected chi connectivity index (χ3v) is 7.67. The fourth-order valence-electron chi connectivity index (χ4n) is 3.69. The van der Waals surface area contributed by atoms with Gasteiger partial charge in [-0.05, 0) is 35.7 Å². The highest BCUT2D eigenvalue weighted by Crippen LogP contribution is 2.19. The van der Waals surface area contributed by atoms with Gasteiger partial charge in [0.2, 0.25) is 10.0 Å². The number of hydrogen-bond acceptors (Lipinski definition) is 6. The molecule has 0 spiro atoms. The van der Waals surface area contributed by atoms with Gasteiger partial charge in [-0.15, -0.1) is 0 Å². The number of rotatable bonds is 9. The van der Waals surface area contributed by atoms with Crippen LogP contribution in [0.2, 0.25) is 0 Å².